The second kappa shape index (κ2) is 9.09. The first-order chi connectivity index (χ1) is 15.1. The van der Waals surface area contributed by atoms with E-state index in [1.54, 1.807) is 35.9 Å². The predicted molar refractivity (Wildman–Crippen MR) is 119 cm³/mol. The first-order valence-corrected chi connectivity index (χ1v) is 10.3. The third-order valence-corrected chi connectivity index (χ3v) is 5.03. The van der Waals surface area contributed by atoms with Crippen LogP contribution >= 0.6 is 11.6 Å². The number of fused-ring (bicyclic) bond motifs is 1. The number of esters is 1. The lowest BCUT2D eigenvalue weighted by atomic mass is 10.2. The van der Waals surface area contributed by atoms with E-state index in [0.29, 0.717) is 53.0 Å². The van der Waals surface area contributed by atoms with Crippen molar-refractivity contribution in [3.05, 3.63) is 70.5 Å². The molecule has 8 nitrogen and oxygen atoms in total. The summed E-state index contributed by atoms with van der Waals surface area (Å²) < 4.78 is 6.74. The quantitative estimate of drug-likeness (QED) is 0.429. The van der Waals surface area contributed by atoms with Gasteiger partial charge in [-0.2, -0.15) is 0 Å². The summed E-state index contributed by atoms with van der Waals surface area (Å²) in [7, 11) is 0. The monoisotopic (exact) mass is 436 g/mol. The molecule has 9 heteroatoms. The number of halogens is 1. The Hall–Kier alpha value is -3.52. The van der Waals surface area contributed by atoms with Crippen LogP contribution in [-0.2, 0) is 17.7 Å². The van der Waals surface area contributed by atoms with Gasteiger partial charge in [0.25, 0.3) is 0 Å². The fourth-order valence-corrected chi connectivity index (χ4v) is 3.28. The number of aromatic nitrogens is 5. The molecule has 0 unspecified atom stereocenters. The number of hydrogen-bond donors (Lipinski definition) is 1. The van der Waals surface area contributed by atoms with Crippen molar-refractivity contribution in [1.29, 1.82) is 0 Å². The van der Waals surface area contributed by atoms with Crippen molar-refractivity contribution in [3.63, 3.8) is 0 Å². The van der Waals surface area contributed by atoms with Gasteiger partial charge in [-0.15, -0.1) is 5.10 Å². The second-order valence-corrected chi connectivity index (χ2v) is 7.18. The minimum absolute atomic E-state index is 0.335. The molecule has 2 aromatic carbocycles. The molecule has 31 heavy (non-hydrogen) atoms. The van der Waals surface area contributed by atoms with Crippen LogP contribution in [-0.4, -0.2) is 37.5 Å². The van der Waals surface area contributed by atoms with E-state index in [-0.39, 0.29) is 5.97 Å². The van der Waals surface area contributed by atoms with E-state index in [1.807, 2.05) is 31.2 Å². The summed E-state index contributed by atoms with van der Waals surface area (Å²) in [5.74, 6) is 0.867. The minimum Gasteiger partial charge on any atom is -0.462 e. The molecule has 0 atom stereocenters. The van der Waals surface area contributed by atoms with Crippen molar-refractivity contribution in [3.8, 4) is 0 Å². The molecule has 0 aliphatic carbocycles. The first kappa shape index (κ1) is 20.7. The molecule has 2 aromatic heterocycles. The Morgan fingerprint density at radius 1 is 1.10 bits per heavy atom. The van der Waals surface area contributed by atoms with Gasteiger partial charge in [0.2, 0.25) is 0 Å². The molecule has 0 spiro atoms. The van der Waals surface area contributed by atoms with Crippen molar-refractivity contribution >= 4 is 40.2 Å². The van der Waals surface area contributed by atoms with Gasteiger partial charge in [0.1, 0.15) is 5.82 Å². The third-order valence-electron chi connectivity index (χ3n) is 4.66. The van der Waals surface area contributed by atoms with E-state index in [1.165, 1.54) is 0 Å². The summed E-state index contributed by atoms with van der Waals surface area (Å²) >= 11 is 6.30. The topological polar surface area (TPSA) is 94.8 Å². The zero-order valence-electron chi connectivity index (χ0n) is 17.2. The Bertz CT molecular complexity index is 1220. The number of anilines is 2. The van der Waals surface area contributed by atoms with Gasteiger partial charge in [0.05, 0.1) is 18.7 Å². The Kier molecular flexibility index (Phi) is 6.08. The fourth-order valence-electron chi connectivity index (χ4n) is 3.08. The maximum absolute atomic E-state index is 11.9. The molecular weight excluding hydrogens is 416 g/mol. The molecule has 0 aliphatic heterocycles. The van der Waals surface area contributed by atoms with E-state index in [2.05, 4.69) is 25.6 Å². The maximum atomic E-state index is 11.9. The number of hydrogen-bond acceptors (Lipinski definition) is 7. The number of carbonyl (C=O) groups is 1. The summed E-state index contributed by atoms with van der Waals surface area (Å²) in [4.78, 5) is 21.1. The molecule has 0 bridgehead atoms. The van der Waals surface area contributed by atoms with Crippen LogP contribution in [0.15, 0.2) is 48.5 Å². The number of benzene rings is 2. The Morgan fingerprint density at radius 2 is 1.87 bits per heavy atom. The lowest BCUT2D eigenvalue weighted by Crippen LogP contribution is -2.06. The minimum atomic E-state index is -0.353. The van der Waals surface area contributed by atoms with Crippen molar-refractivity contribution < 1.29 is 9.53 Å². The highest BCUT2D eigenvalue weighted by molar-refractivity contribution is 6.31. The van der Waals surface area contributed by atoms with Crippen LogP contribution in [0, 0.1) is 0 Å². The highest BCUT2D eigenvalue weighted by Gasteiger charge is 2.16. The van der Waals surface area contributed by atoms with Gasteiger partial charge >= 0.3 is 5.97 Å². The molecule has 0 radical (unpaired) electrons. The normalized spacial score (nSPS) is 10.9. The Balaban J connectivity index is 1.66. The molecule has 4 aromatic rings. The van der Waals surface area contributed by atoms with Crippen molar-refractivity contribution in [2.75, 3.05) is 11.9 Å². The van der Waals surface area contributed by atoms with Crippen molar-refractivity contribution in [1.82, 2.24) is 25.0 Å². The molecule has 4 rings (SSSR count). The van der Waals surface area contributed by atoms with E-state index in [0.717, 1.165) is 11.3 Å². The fraction of sp³-hybridized carbons (Fsp3) is 0.227. The summed E-state index contributed by atoms with van der Waals surface area (Å²) in [5, 5.41) is 12.5. The summed E-state index contributed by atoms with van der Waals surface area (Å²) in [6.07, 6.45) is 0.656. The van der Waals surface area contributed by atoms with E-state index in [4.69, 9.17) is 16.3 Å². The number of aryl methyl sites for hydroxylation is 1. The van der Waals surface area contributed by atoms with Gasteiger partial charge in [0, 0.05) is 17.1 Å². The molecule has 1 N–H and O–H groups in total. The van der Waals surface area contributed by atoms with Gasteiger partial charge in [0.15, 0.2) is 17.0 Å². The summed E-state index contributed by atoms with van der Waals surface area (Å²) in [5.41, 5.74) is 3.35. The van der Waals surface area contributed by atoms with Crippen LogP contribution in [0.25, 0.3) is 11.2 Å². The lowest BCUT2D eigenvalue weighted by Gasteiger charge is -2.09. The maximum Gasteiger partial charge on any atom is 0.338 e. The SMILES string of the molecule is CCOC(=O)c1ccc(Nc2nc(CC)nc3c2nnn3Cc2ccccc2Cl)cc1. The average molecular weight is 437 g/mol. The number of rotatable bonds is 7. The van der Waals surface area contributed by atoms with Crippen LogP contribution in [0.3, 0.4) is 0 Å². The Morgan fingerprint density at radius 3 is 2.58 bits per heavy atom. The van der Waals surface area contributed by atoms with E-state index < -0.39 is 0 Å². The number of nitrogens with one attached hydrogen (secondary N) is 1. The molecule has 0 amide bonds. The highest BCUT2D eigenvalue weighted by Crippen LogP contribution is 2.24. The van der Waals surface area contributed by atoms with Gasteiger partial charge in [-0.3, -0.25) is 0 Å². The van der Waals surface area contributed by atoms with E-state index in [9.17, 15) is 4.79 Å². The number of carbonyl (C=O) groups excluding carboxylic acids is 1. The van der Waals surface area contributed by atoms with Crippen LogP contribution < -0.4 is 5.32 Å². The zero-order chi connectivity index (χ0) is 21.8. The van der Waals surface area contributed by atoms with Crippen LogP contribution in [0.5, 0.6) is 0 Å². The standard InChI is InChI=1S/C22H21ClN6O2/c1-3-18-25-20(24-16-11-9-14(10-12-16)22(30)31-4-2)19-21(26-18)29(28-27-19)13-15-7-5-6-8-17(15)23/h5-12H,3-4,13H2,1-2H3,(H,24,25,26). The Labute approximate surface area is 184 Å². The van der Waals surface area contributed by atoms with Gasteiger partial charge in [-0.05, 0) is 42.8 Å². The smallest absolute Gasteiger partial charge is 0.338 e. The largest absolute Gasteiger partial charge is 0.462 e. The molecule has 0 saturated carbocycles. The first-order valence-electron chi connectivity index (χ1n) is 9.96. The second-order valence-electron chi connectivity index (χ2n) is 6.78. The molecule has 0 fully saturated rings. The number of nitrogens with zero attached hydrogens (tertiary/aromatic N) is 5. The van der Waals surface area contributed by atoms with E-state index >= 15 is 0 Å². The zero-order valence-corrected chi connectivity index (χ0v) is 17.9. The molecule has 0 aliphatic rings. The number of ether oxygens (including phenoxy) is 1. The van der Waals surface area contributed by atoms with Crippen LogP contribution in [0.2, 0.25) is 5.02 Å². The van der Waals surface area contributed by atoms with Gasteiger partial charge in [-0.1, -0.05) is 41.9 Å². The molecule has 2 heterocycles. The van der Waals surface area contributed by atoms with Crippen molar-refractivity contribution in [2.45, 2.75) is 26.8 Å². The van der Waals surface area contributed by atoms with Crippen LogP contribution in [0.1, 0.15) is 35.6 Å². The highest BCUT2D eigenvalue weighted by atomic mass is 35.5. The van der Waals surface area contributed by atoms with Crippen molar-refractivity contribution in [2.24, 2.45) is 0 Å². The third kappa shape index (κ3) is 4.49. The lowest BCUT2D eigenvalue weighted by molar-refractivity contribution is 0.0526. The van der Waals surface area contributed by atoms with Crippen LogP contribution in [0.4, 0.5) is 11.5 Å². The summed E-state index contributed by atoms with van der Waals surface area (Å²) in [6, 6.07) is 14.6. The molecule has 158 valence electrons. The molecule has 0 saturated heterocycles. The van der Waals surface area contributed by atoms with Gasteiger partial charge in [-0.25, -0.2) is 19.4 Å². The molecular formula is C22H21ClN6O2. The van der Waals surface area contributed by atoms with Gasteiger partial charge < -0.3 is 10.1 Å². The average Bonchev–Trinajstić information content (AvgIpc) is 3.19. The summed E-state index contributed by atoms with van der Waals surface area (Å²) in [6.45, 7) is 4.55. The predicted octanol–water partition coefficient (Wildman–Crippen LogP) is 4.41.